The Kier molecular flexibility index (Phi) is 5.36. The first-order valence-corrected chi connectivity index (χ1v) is 10.1. The average molecular weight is 432 g/mol. The molecule has 1 fully saturated rings. The van der Waals surface area contributed by atoms with Crippen molar-refractivity contribution in [1.29, 1.82) is 0 Å². The van der Waals surface area contributed by atoms with Crippen LogP contribution >= 0.6 is 15.9 Å². The Morgan fingerprint density at radius 3 is 2.70 bits per heavy atom. The third kappa shape index (κ3) is 3.69. The summed E-state index contributed by atoms with van der Waals surface area (Å²) in [5, 5.41) is 3.41. The smallest absolute Gasteiger partial charge is 0.150 e. The fraction of sp³-hybridized carbons (Fsp3) is 0.333. The fourth-order valence-electron chi connectivity index (χ4n) is 3.75. The van der Waals surface area contributed by atoms with Gasteiger partial charge in [-0.05, 0) is 64.7 Å². The molecular weight excluding hydrogens is 409 g/mol. The number of fused-ring (bicyclic) bond motifs is 1. The Hall–Kier alpha value is -2.05. The molecule has 0 atom stereocenters. The van der Waals surface area contributed by atoms with E-state index in [1.54, 1.807) is 12.1 Å². The second-order valence-corrected chi connectivity index (χ2v) is 7.71. The van der Waals surface area contributed by atoms with Crippen LogP contribution in [0.15, 0.2) is 40.9 Å². The van der Waals surface area contributed by atoms with Crippen molar-refractivity contribution in [3.8, 4) is 0 Å². The molecule has 4 nitrogen and oxygen atoms in total. The number of hydrogen-bond acceptors (Lipinski definition) is 4. The number of nitrogens with zero attached hydrogens (tertiary/aromatic N) is 1. The first-order chi connectivity index (χ1) is 13.2. The first kappa shape index (κ1) is 18.3. The van der Waals surface area contributed by atoms with E-state index < -0.39 is 0 Å². The van der Waals surface area contributed by atoms with Gasteiger partial charge in [0.1, 0.15) is 12.4 Å². The second-order valence-electron chi connectivity index (χ2n) is 6.86. The van der Waals surface area contributed by atoms with E-state index in [0.29, 0.717) is 19.7 Å². The highest BCUT2D eigenvalue weighted by molar-refractivity contribution is 9.10. The van der Waals surface area contributed by atoms with Crippen molar-refractivity contribution in [2.45, 2.75) is 19.4 Å². The lowest BCUT2D eigenvalue weighted by atomic mass is 9.97. The Morgan fingerprint density at radius 2 is 1.96 bits per heavy atom. The van der Waals surface area contributed by atoms with Crippen LogP contribution in [-0.4, -0.2) is 26.2 Å². The van der Waals surface area contributed by atoms with Gasteiger partial charge in [-0.2, -0.15) is 0 Å². The van der Waals surface area contributed by atoms with Crippen LogP contribution in [0.4, 0.5) is 10.1 Å². The van der Waals surface area contributed by atoms with Gasteiger partial charge in [0.05, 0.1) is 11.4 Å². The lowest BCUT2D eigenvalue weighted by Crippen LogP contribution is -2.23. The molecule has 6 heteroatoms. The van der Waals surface area contributed by atoms with Crippen molar-refractivity contribution >= 4 is 33.1 Å². The number of benzene rings is 2. The monoisotopic (exact) mass is 431 g/mol. The van der Waals surface area contributed by atoms with E-state index in [4.69, 9.17) is 10.5 Å². The van der Waals surface area contributed by atoms with E-state index in [1.165, 1.54) is 24.6 Å². The Bertz CT molecular complexity index is 878. The summed E-state index contributed by atoms with van der Waals surface area (Å²) < 4.78 is 20.7. The van der Waals surface area contributed by atoms with Gasteiger partial charge in [-0.3, -0.25) is 0 Å². The highest BCUT2D eigenvalue weighted by atomic mass is 79.9. The van der Waals surface area contributed by atoms with Crippen LogP contribution in [0.25, 0.3) is 11.5 Å². The minimum atomic E-state index is -0.241. The zero-order valence-electron chi connectivity index (χ0n) is 15.1. The number of nitrogens with one attached hydrogen (secondary N) is 1. The van der Waals surface area contributed by atoms with Crippen LogP contribution in [0.5, 0.6) is 0 Å². The molecule has 2 aromatic carbocycles. The summed E-state index contributed by atoms with van der Waals surface area (Å²) in [6.07, 6.45) is 2.48. The quantitative estimate of drug-likeness (QED) is 0.748. The van der Waals surface area contributed by atoms with Crippen LogP contribution in [0, 0.1) is 5.82 Å². The van der Waals surface area contributed by atoms with Crippen LogP contribution in [-0.2, 0) is 11.3 Å². The summed E-state index contributed by atoms with van der Waals surface area (Å²) in [7, 11) is 0. The maximum atomic E-state index is 13.6. The molecule has 2 heterocycles. The van der Waals surface area contributed by atoms with Crippen LogP contribution in [0.2, 0.25) is 0 Å². The standard InChI is InChI=1S/C21H23BrFN3O/c22-18-12-14(3-6-19(18)26-8-1-2-9-26)20-21(27-10-7-24)17-5-4-16(23)11-15(17)13-25-20/h3-6,11-12,25H,1-2,7-10,13,24H2. The molecular formula is C21H23BrFN3O. The maximum absolute atomic E-state index is 13.6. The molecule has 2 aromatic rings. The van der Waals surface area contributed by atoms with Gasteiger partial charge in [-0.15, -0.1) is 0 Å². The zero-order chi connectivity index (χ0) is 18.8. The van der Waals surface area contributed by atoms with Gasteiger partial charge in [0.15, 0.2) is 5.76 Å². The molecule has 0 aromatic heterocycles. The van der Waals surface area contributed by atoms with E-state index in [2.05, 4.69) is 44.3 Å². The molecule has 2 aliphatic rings. The third-order valence-corrected chi connectivity index (χ3v) is 5.68. The van der Waals surface area contributed by atoms with Crippen molar-refractivity contribution in [1.82, 2.24) is 5.32 Å². The van der Waals surface area contributed by atoms with Crippen LogP contribution < -0.4 is 16.0 Å². The number of hydrogen-bond donors (Lipinski definition) is 2. The summed E-state index contributed by atoms with van der Waals surface area (Å²) in [6, 6.07) is 11.2. The van der Waals surface area contributed by atoms with Crippen LogP contribution in [0.3, 0.4) is 0 Å². The second kappa shape index (κ2) is 7.90. The molecule has 0 unspecified atom stereocenters. The third-order valence-electron chi connectivity index (χ3n) is 5.04. The predicted molar refractivity (Wildman–Crippen MR) is 111 cm³/mol. The summed E-state index contributed by atoms with van der Waals surface area (Å²) in [5.74, 6) is 0.484. The molecule has 0 amide bonds. The highest BCUT2D eigenvalue weighted by Gasteiger charge is 2.23. The lowest BCUT2D eigenvalue weighted by Gasteiger charge is -2.26. The molecule has 3 N–H and O–H groups in total. The molecule has 4 rings (SSSR count). The summed E-state index contributed by atoms with van der Waals surface area (Å²) in [5.41, 5.74) is 10.6. The van der Waals surface area contributed by atoms with E-state index in [9.17, 15) is 4.39 Å². The predicted octanol–water partition coefficient (Wildman–Crippen LogP) is 4.09. The van der Waals surface area contributed by atoms with Gasteiger partial charge >= 0.3 is 0 Å². The van der Waals surface area contributed by atoms with Crippen molar-refractivity contribution in [3.63, 3.8) is 0 Å². The van der Waals surface area contributed by atoms with Gasteiger partial charge in [0, 0.05) is 41.8 Å². The first-order valence-electron chi connectivity index (χ1n) is 9.32. The molecule has 0 bridgehead atoms. The van der Waals surface area contributed by atoms with Gasteiger partial charge < -0.3 is 20.7 Å². The molecule has 27 heavy (non-hydrogen) atoms. The minimum Gasteiger partial charge on any atom is -0.489 e. The summed E-state index contributed by atoms with van der Waals surface area (Å²) in [6.45, 7) is 3.59. The van der Waals surface area contributed by atoms with E-state index in [-0.39, 0.29) is 5.82 Å². The van der Waals surface area contributed by atoms with E-state index >= 15 is 0 Å². The zero-order valence-corrected chi connectivity index (χ0v) is 16.7. The topological polar surface area (TPSA) is 50.5 Å². The molecule has 0 saturated carbocycles. The molecule has 1 saturated heterocycles. The Balaban J connectivity index is 1.75. The summed E-state index contributed by atoms with van der Waals surface area (Å²) in [4.78, 5) is 2.40. The summed E-state index contributed by atoms with van der Waals surface area (Å²) >= 11 is 3.74. The fourth-order valence-corrected chi connectivity index (χ4v) is 4.38. The number of anilines is 1. The van der Waals surface area contributed by atoms with Crippen molar-refractivity contribution < 1.29 is 9.13 Å². The number of nitrogens with two attached hydrogens (primary N) is 1. The molecule has 0 radical (unpaired) electrons. The van der Waals surface area contributed by atoms with Crippen LogP contribution in [0.1, 0.15) is 29.5 Å². The van der Waals surface area contributed by atoms with E-state index in [0.717, 1.165) is 45.7 Å². The Labute approximate surface area is 167 Å². The highest BCUT2D eigenvalue weighted by Crippen LogP contribution is 2.36. The molecule has 142 valence electrons. The minimum absolute atomic E-state index is 0.241. The van der Waals surface area contributed by atoms with Gasteiger partial charge in [-0.25, -0.2) is 4.39 Å². The lowest BCUT2D eigenvalue weighted by molar-refractivity contribution is 0.286. The van der Waals surface area contributed by atoms with Gasteiger partial charge in [0.25, 0.3) is 0 Å². The van der Waals surface area contributed by atoms with E-state index in [1.807, 2.05) is 0 Å². The van der Waals surface area contributed by atoms with Crippen molar-refractivity contribution in [3.05, 3.63) is 63.4 Å². The maximum Gasteiger partial charge on any atom is 0.150 e. The molecule has 2 aliphatic heterocycles. The Morgan fingerprint density at radius 1 is 1.15 bits per heavy atom. The molecule has 0 aliphatic carbocycles. The van der Waals surface area contributed by atoms with Gasteiger partial charge in [0.2, 0.25) is 0 Å². The average Bonchev–Trinajstić information content (AvgIpc) is 3.20. The molecule has 0 spiro atoms. The van der Waals surface area contributed by atoms with Crippen molar-refractivity contribution in [2.24, 2.45) is 5.73 Å². The normalized spacial score (nSPS) is 16.3. The number of halogens is 2. The largest absolute Gasteiger partial charge is 0.489 e. The SMILES string of the molecule is NCCOC1=C(c2ccc(N3CCCC3)c(Br)c2)NCc2cc(F)ccc21. The van der Waals surface area contributed by atoms with Gasteiger partial charge in [-0.1, -0.05) is 6.07 Å². The van der Waals surface area contributed by atoms with Crippen molar-refractivity contribution in [2.75, 3.05) is 31.1 Å². The number of rotatable bonds is 5. The number of ether oxygens (including phenoxy) is 1.